The second-order valence-electron chi connectivity index (χ2n) is 20.1. The van der Waals surface area contributed by atoms with Gasteiger partial charge in [-0.25, -0.2) is 4.79 Å². The van der Waals surface area contributed by atoms with Crippen LogP contribution in [0, 0.1) is 35.5 Å². The first-order valence-corrected chi connectivity index (χ1v) is 23.9. The lowest BCUT2D eigenvalue weighted by Crippen LogP contribution is -2.54. The van der Waals surface area contributed by atoms with Gasteiger partial charge >= 0.3 is 6.09 Å². The lowest BCUT2D eigenvalue weighted by molar-refractivity contribution is -0.149. The molecular weight excluding hydrogens is 823 g/mol. The predicted molar refractivity (Wildman–Crippen MR) is 256 cm³/mol. The van der Waals surface area contributed by atoms with Crippen molar-refractivity contribution in [2.45, 2.75) is 157 Å². The number of carbonyl (C=O) groups excluding carboxylic acids is 5. The predicted octanol–water partition coefficient (Wildman–Crippen LogP) is 9.06. The molecule has 364 valence electrons. The van der Waals surface area contributed by atoms with Crippen molar-refractivity contribution >= 4 is 29.5 Å². The number of ether oxygens (including phenoxy) is 4. The van der Waals surface area contributed by atoms with Gasteiger partial charge in [-0.1, -0.05) is 116 Å². The van der Waals surface area contributed by atoms with E-state index in [1.54, 1.807) is 54.0 Å². The van der Waals surface area contributed by atoms with Gasteiger partial charge in [0.2, 0.25) is 11.8 Å². The maximum absolute atomic E-state index is 14.6. The molecule has 0 N–H and O–H groups in total. The van der Waals surface area contributed by atoms with Crippen LogP contribution in [0.2, 0.25) is 0 Å². The molecule has 1 saturated heterocycles. The highest BCUT2D eigenvalue weighted by Gasteiger charge is 2.44. The minimum absolute atomic E-state index is 0.0255. The number of amides is 3. The maximum Gasteiger partial charge on any atom is 0.410 e. The molecular formula is C53H83N3O9. The van der Waals surface area contributed by atoms with Gasteiger partial charge in [0.25, 0.3) is 0 Å². The Kier molecular flexibility index (Phi) is 22.3. The van der Waals surface area contributed by atoms with Crippen molar-refractivity contribution in [1.29, 1.82) is 0 Å². The average molecular weight is 906 g/mol. The van der Waals surface area contributed by atoms with Gasteiger partial charge in [-0.05, 0) is 74.8 Å². The molecule has 3 amide bonds. The van der Waals surface area contributed by atoms with Gasteiger partial charge < -0.3 is 33.6 Å². The molecule has 65 heavy (non-hydrogen) atoms. The van der Waals surface area contributed by atoms with Gasteiger partial charge in [0.15, 0.2) is 5.78 Å². The minimum atomic E-state index is -0.782. The van der Waals surface area contributed by atoms with Gasteiger partial charge in [0.1, 0.15) is 11.4 Å². The fraction of sp³-hybridized carbons (Fsp3) is 0.679. The second-order valence-corrected chi connectivity index (χ2v) is 20.1. The lowest BCUT2D eigenvalue weighted by atomic mass is 9.83. The molecule has 1 aliphatic rings. The van der Waals surface area contributed by atoms with Gasteiger partial charge in [-0.3, -0.25) is 19.2 Å². The zero-order chi connectivity index (χ0) is 48.6. The Hall–Kier alpha value is -4.13. The first-order valence-electron chi connectivity index (χ1n) is 23.9. The summed E-state index contributed by atoms with van der Waals surface area (Å²) in [5.74, 6) is -2.12. The van der Waals surface area contributed by atoms with Gasteiger partial charge in [-0.15, -0.1) is 0 Å². The first kappa shape index (κ1) is 55.2. The van der Waals surface area contributed by atoms with Gasteiger partial charge in [0, 0.05) is 59.5 Å². The van der Waals surface area contributed by atoms with Crippen LogP contribution >= 0.6 is 0 Å². The van der Waals surface area contributed by atoms with Crippen molar-refractivity contribution in [2.24, 2.45) is 35.5 Å². The molecule has 1 fully saturated rings. The third-order valence-corrected chi connectivity index (χ3v) is 13.3. The molecule has 2 aromatic rings. The minimum Gasteiger partial charge on any atom is -0.444 e. The molecule has 1 heterocycles. The van der Waals surface area contributed by atoms with E-state index in [-0.39, 0.29) is 65.9 Å². The van der Waals surface area contributed by atoms with E-state index in [4.69, 9.17) is 18.9 Å². The smallest absolute Gasteiger partial charge is 0.410 e. The van der Waals surface area contributed by atoms with E-state index in [0.717, 1.165) is 24.0 Å². The number of likely N-dealkylation sites (N-methyl/N-ethyl adjacent to an activating group) is 2. The summed E-state index contributed by atoms with van der Waals surface area (Å²) >= 11 is 0. The molecule has 12 heteroatoms. The van der Waals surface area contributed by atoms with Crippen molar-refractivity contribution in [3.63, 3.8) is 0 Å². The zero-order valence-corrected chi connectivity index (χ0v) is 42.2. The van der Waals surface area contributed by atoms with E-state index < -0.39 is 47.8 Å². The van der Waals surface area contributed by atoms with E-state index in [0.29, 0.717) is 39.0 Å². The highest BCUT2D eigenvalue weighted by atomic mass is 16.6. The summed E-state index contributed by atoms with van der Waals surface area (Å²) in [5, 5.41) is 0. The van der Waals surface area contributed by atoms with Crippen molar-refractivity contribution in [3.8, 4) is 0 Å². The maximum atomic E-state index is 14.6. The normalized spacial score (nSPS) is 18.0. The summed E-state index contributed by atoms with van der Waals surface area (Å²) in [6.45, 7) is 20.4. The van der Waals surface area contributed by atoms with E-state index in [2.05, 4.69) is 19.1 Å². The van der Waals surface area contributed by atoms with E-state index >= 15 is 0 Å². The highest BCUT2D eigenvalue weighted by molar-refractivity contribution is 5.92. The van der Waals surface area contributed by atoms with Crippen LogP contribution in [0.1, 0.15) is 119 Å². The van der Waals surface area contributed by atoms with Crippen LogP contribution in [0.5, 0.6) is 0 Å². The average Bonchev–Trinajstić information content (AvgIpc) is 3.74. The van der Waals surface area contributed by atoms with Crippen LogP contribution in [-0.4, -0.2) is 122 Å². The largest absolute Gasteiger partial charge is 0.444 e. The summed E-state index contributed by atoms with van der Waals surface area (Å²) in [5.41, 5.74) is 1.49. The zero-order valence-electron chi connectivity index (χ0n) is 42.2. The summed E-state index contributed by atoms with van der Waals surface area (Å²) < 4.78 is 24.0. The molecule has 1 aliphatic heterocycles. The van der Waals surface area contributed by atoms with Crippen molar-refractivity contribution < 1.29 is 42.9 Å². The van der Waals surface area contributed by atoms with Gasteiger partial charge in [0.05, 0.1) is 50.0 Å². The SMILES string of the molecule is CC[C@H](C)[C@@H]([C@@H](CC(=O)N1CCC[C@H]1[C@H](OC)[C@@H](C)C(=O)C[C@H](COCc1ccccc1)Cc1ccccc1)OC)N(C)C(=O)[C@@H](CC(=O)[C@H](C(C)C)N(C)C(=O)OC(C)(C)C)C(C)C. The molecule has 0 aliphatic carbocycles. The molecule has 0 bridgehead atoms. The standard InChI is InChI=1S/C53H83N3O9/c1-15-37(6)49(54(11)51(60)42(35(2)3)31-45(58)48(36(4)5)55(12)52(61)65-53(8,9)10)46(62-13)32-47(59)56-28-22-27-43(56)50(63-14)38(7)44(57)30-41(29-39-23-18-16-19-24-39)34-64-33-40-25-20-17-21-26-40/h16-21,23-26,35-38,41-43,46,48-50H,15,22,27-34H2,1-14H3/t37-,38-,41+,42-,43-,46+,48-,49-,50+/m0/s1. The van der Waals surface area contributed by atoms with Gasteiger partial charge in [-0.2, -0.15) is 0 Å². The Morgan fingerprint density at radius 1 is 0.769 bits per heavy atom. The molecule has 12 nitrogen and oxygen atoms in total. The number of ketones is 2. The first-order chi connectivity index (χ1) is 30.6. The number of carbonyl (C=O) groups is 5. The van der Waals surface area contributed by atoms with Crippen LogP contribution in [0.3, 0.4) is 0 Å². The Bertz CT molecular complexity index is 1780. The van der Waals surface area contributed by atoms with Crippen molar-refractivity contribution in [2.75, 3.05) is 41.5 Å². The van der Waals surface area contributed by atoms with Crippen molar-refractivity contribution in [3.05, 3.63) is 71.8 Å². The molecule has 0 aromatic heterocycles. The third kappa shape index (κ3) is 16.3. The molecule has 0 saturated carbocycles. The Balaban J connectivity index is 1.78. The van der Waals surface area contributed by atoms with E-state index in [9.17, 15) is 24.0 Å². The molecule has 0 spiro atoms. The molecule has 0 radical (unpaired) electrons. The van der Waals surface area contributed by atoms with Crippen LogP contribution in [-0.2, 0) is 51.2 Å². The number of hydrogen-bond acceptors (Lipinski definition) is 9. The van der Waals surface area contributed by atoms with Crippen LogP contribution in [0.4, 0.5) is 4.79 Å². The van der Waals surface area contributed by atoms with Crippen LogP contribution in [0.15, 0.2) is 60.7 Å². The highest BCUT2D eigenvalue weighted by Crippen LogP contribution is 2.32. The number of likely N-dealkylation sites (tertiary alicyclic amines) is 1. The monoisotopic (exact) mass is 906 g/mol. The number of rotatable bonds is 26. The van der Waals surface area contributed by atoms with E-state index in [1.165, 1.54) is 4.90 Å². The second kappa shape index (κ2) is 26.3. The third-order valence-electron chi connectivity index (χ3n) is 13.3. The lowest BCUT2D eigenvalue weighted by Gasteiger charge is -2.41. The molecule has 2 aromatic carbocycles. The van der Waals surface area contributed by atoms with E-state index in [1.807, 2.05) is 95.0 Å². The van der Waals surface area contributed by atoms with Crippen molar-refractivity contribution in [1.82, 2.24) is 14.7 Å². The summed E-state index contributed by atoms with van der Waals surface area (Å²) in [6.07, 6.45) is 1.42. The fourth-order valence-corrected chi connectivity index (χ4v) is 9.56. The number of nitrogens with zero attached hydrogens (tertiary/aromatic N) is 3. The topological polar surface area (TPSA) is 132 Å². The number of hydrogen-bond donors (Lipinski definition) is 0. The van der Waals surface area contributed by atoms with Crippen LogP contribution in [0.25, 0.3) is 0 Å². The number of Topliss-reactive ketones (excluding diaryl/α,β-unsaturated/α-hetero) is 2. The summed E-state index contributed by atoms with van der Waals surface area (Å²) in [6, 6.07) is 18.6. The summed E-state index contributed by atoms with van der Waals surface area (Å²) in [7, 11) is 6.50. The number of benzene rings is 2. The fourth-order valence-electron chi connectivity index (χ4n) is 9.56. The molecule has 3 rings (SSSR count). The Labute approximate surface area is 391 Å². The Morgan fingerprint density at radius 3 is 1.89 bits per heavy atom. The van der Waals surface area contributed by atoms with Crippen LogP contribution < -0.4 is 0 Å². The summed E-state index contributed by atoms with van der Waals surface area (Å²) in [4.78, 5) is 75.3. The quantitative estimate of drug-likeness (QED) is 0.0908. The number of methoxy groups -OCH3 is 2. The molecule has 9 atom stereocenters. The molecule has 0 unspecified atom stereocenters. The Morgan fingerprint density at radius 2 is 1.37 bits per heavy atom.